The van der Waals surface area contributed by atoms with Gasteiger partial charge in [0.05, 0.1) is 11.4 Å². The molecule has 0 aliphatic carbocycles. The third kappa shape index (κ3) is 4.30. The van der Waals surface area contributed by atoms with Crippen LogP contribution < -0.4 is 5.56 Å². The minimum atomic E-state index is -3.76. The molecule has 0 saturated carbocycles. The summed E-state index contributed by atoms with van der Waals surface area (Å²) in [5, 5.41) is 10.3. The first kappa shape index (κ1) is 23.8. The highest BCUT2D eigenvalue weighted by molar-refractivity contribution is 7.89. The minimum Gasteiger partial charge on any atom is -0.308 e. The van der Waals surface area contributed by atoms with Gasteiger partial charge in [0, 0.05) is 29.4 Å². The highest BCUT2D eigenvalue weighted by Crippen LogP contribution is 2.31. The van der Waals surface area contributed by atoms with Crippen molar-refractivity contribution >= 4 is 43.6 Å². The van der Waals surface area contributed by atoms with Crippen molar-refractivity contribution in [1.29, 1.82) is 0 Å². The number of nitrogens with zero attached hydrogens (tertiary/aromatic N) is 5. The Morgan fingerprint density at radius 3 is 2.68 bits per heavy atom. The van der Waals surface area contributed by atoms with Crippen molar-refractivity contribution in [3.8, 4) is 0 Å². The number of hydrogen-bond acceptors (Lipinski definition) is 6. The first-order chi connectivity index (χ1) is 17.9. The molecule has 37 heavy (non-hydrogen) atoms. The van der Waals surface area contributed by atoms with Crippen LogP contribution in [0, 0.1) is 0 Å². The predicted molar refractivity (Wildman–Crippen MR) is 141 cm³/mol. The number of rotatable bonds is 5. The van der Waals surface area contributed by atoms with Gasteiger partial charge in [0.15, 0.2) is 11.2 Å². The van der Waals surface area contributed by atoms with Crippen molar-refractivity contribution in [2.45, 2.75) is 30.2 Å². The Morgan fingerprint density at radius 2 is 1.81 bits per heavy atom. The molecule has 0 unspecified atom stereocenters. The van der Waals surface area contributed by atoms with Gasteiger partial charge in [-0.15, -0.1) is 5.10 Å². The van der Waals surface area contributed by atoms with Crippen molar-refractivity contribution in [3.05, 3.63) is 93.5 Å². The SMILES string of the molecule is O=c1[nH]c([C@@H]2CCCN(S(=O)(=O)c3cccc4ccccc34)C2)nc2c1nnn2Cc1ccccc1Cl. The highest BCUT2D eigenvalue weighted by Gasteiger charge is 2.33. The maximum atomic E-state index is 13.7. The molecule has 11 heteroatoms. The lowest BCUT2D eigenvalue weighted by Gasteiger charge is -2.31. The number of hydrogen-bond donors (Lipinski definition) is 1. The summed E-state index contributed by atoms with van der Waals surface area (Å²) in [5.41, 5.74) is 0.892. The van der Waals surface area contributed by atoms with E-state index in [4.69, 9.17) is 16.6 Å². The molecule has 1 N–H and O–H groups in total. The third-order valence-electron chi connectivity index (χ3n) is 6.81. The van der Waals surface area contributed by atoms with Gasteiger partial charge in [0.1, 0.15) is 5.82 Å². The quantitative estimate of drug-likeness (QED) is 0.365. The summed E-state index contributed by atoms with van der Waals surface area (Å²) in [6.07, 6.45) is 1.34. The Labute approximate surface area is 217 Å². The fourth-order valence-corrected chi connectivity index (χ4v) is 6.85. The second-order valence-corrected chi connectivity index (χ2v) is 11.5. The minimum absolute atomic E-state index is 0.131. The number of piperidine rings is 1. The Bertz CT molecular complexity index is 1790. The number of benzene rings is 3. The number of aromatic nitrogens is 5. The van der Waals surface area contributed by atoms with E-state index >= 15 is 0 Å². The van der Waals surface area contributed by atoms with Gasteiger partial charge in [-0.25, -0.2) is 18.1 Å². The zero-order valence-corrected chi connectivity index (χ0v) is 21.3. The van der Waals surface area contributed by atoms with E-state index in [1.54, 1.807) is 22.9 Å². The van der Waals surface area contributed by atoms with E-state index in [1.807, 2.05) is 48.5 Å². The van der Waals surface area contributed by atoms with Crippen molar-refractivity contribution in [2.24, 2.45) is 0 Å². The summed E-state index contributed by atoms with van der Waals surface area (Å²) in [6.45, 7) is 0.922. The molecule has 188 valence electrons. The van der Waals surface area contributed by atoms with Gasteiger partial charge in [-0.1, -0.05) is 71.4 Å². The van der Waals surface area contributed by atoms with Crippen LogP contribution in [0.3, 0.4) is 0 Å². The molecule has 0 amide bonds. The summed E-state index contributed by atoms with van der Waals surface area (Å²) in [4.78, 5) is 20.7. The van der Waals surface area contributed by atoms with E-state index in [2.05, 4.69) is 15.3 Å². The Hall–Kier alpha value is -3.60. The number of nitrogens with one attached hydrogen (secondary N) is 1. The second-order valence-electron chi connectivity index (χ2n) is 9.14. The molecule has 0 radical (unpaired) electrons. The van der Waals surface area contributed by atoms with Crippen molar-refractivity contribution in [3.63, 3.8) is 0 Å². The standard InChI is InChI=1S/C26H23ClN6O3S/c27-21-12-4-2-8-18(21)16-33-25-23(30-31-33)26(34)29-24(28-25)19-10-6-14-32(15-19)37(35,36)22-13-5-9-17-7-1-3-11-20(17)22/h1-5,7-9,11-13,19H,6,10,14-16H2,(H,28,29,34)/t19-/m1/s1. The Balaban J connectivity index is 1.34. The molecule has 1 aliphatic heterocycles. The molecule has 0 spiro atoms. The number of aromatic amines is 1. The van der Waals surface area contributed by atoms with Crippen LogP contribution in [-0.4, -0.2) is 50.8 Å². The van der Waals surface area contributed by atoms with Crippen LogP contribution in [0.4, 0.5) is 0 Å². The average molecular weight is 535 g/mol. The van der Waals surface area contributed by atoms with Crippen LogP contribution in [0.5, 0.6) is 0 Å². The number of H-pyrrole nitrogens is 1. The molecular formula is C26H23ClN6O3S. The van der Waals surface area contributed by atoms with Crippen molar-refractivity contribution in [1.82, 2.24) is 29.3 Å². The average Bonchev–Trinajstić information content (AvgIpc) is 3.33. The zero-order chi connectivity index (χ0) is 25.6. The molecule has 1 fully saturated rings. The van der Waals surface area contributed by atoms with Gasteiger partial charge in [-0.3, -0.25) is 4.79 Å². The normalized spacial score (nSPS) is 16.9. The van der Waals surface area contributed by atoms with E-state index in [0.717, 1.165) is 10.9 Å². The number of fused-ring (bicyclic) bond motifs is 2. The van der Waals surface area contributed by atoms with Crippen LogP contribution in [0.25, 0.3) is 21.9 Å². The maximum Gasteiger partial charge on any atom is 0.281 e. The number of sulfonamides is 1. The molecule has 9 nitrogen and oxygen atoms in total. The molecule has 1 atom stereocenters. The van der Waals surface area contributed by atoms with E-state index < -0.39 is 15.6 Å². The summed E-state index contributed by atoms with van der Waals surface area (Å²) < 4.78 is 30.4. The zero-order valence-electron chi connectivity index (χ0n) is 19.7. The fourth-order valence-electron chi connectivity index (χ4n) is 4.91. The van der Waals surface area contributed by atoms with Crippen molar-refractivity contribution < 1.29 is 8.42 Å². The van der Waals surface area contributed by atoms with Gasteiger partial charge >= 0.3 is 0 Å². The Morgan fingerprint density at radius 1 is 1.03 bits per heavy atom. The van der Waals surface area contributed by atoms with E-state index in [1.165, 1.54) is 4.31 Å². The molecule has 1 saturated heterocycles. The van der Waals surface area contributed by atoms with Crippen LogP contribution in [0.15, 0.2) is 76.4 Å². The lowest BCUT2D eigenvalue weighted by molar-refractivity contribution is 0.309. The second kappa shape index (κ2) is 9.37. The van der Waals surface area contributed by atoms with Gasteiger partial charge < -0.3 is 4.98 Å². The van der Waals surface area contributed by atoms with E-state index in [0.29, 0.717) is 47.8 Å². The van der Waals surface area contributed by atoms with E-state index in [9.17, 15) is 13.2 Å². The smallest absolute Gasteiger partial charge is 0.281 e. The topological polar surface area (TPSA) is 114 Å². The first-order valence-electron chi connectivity index (χ1n) is 12.0. The highest BCUT2D eigenvalue weighted by atomic mass is 35.5. The lowest BCUT2D eigenvalue weighted by Crippen LogP contribution is -2.40. The van der Waals surface area contributed by atoms with Gasteiger partial charge in [-0.2, -0.15) is 4.31 Å². The van der Waals surface area contributed by atoms with Gasteiger partial charge in [0.25, 0.3) is 5.56 Å². The number of halogens is 1. The Kier molecular flexibility index (Phi) is 6.02. The van der Waals surface area contributed by atoms with Crippen LogP contribution in [0.2, 0.25) is 5.02 Å². The van der Waals surface area contributed by atoms with Gasteiger partial charge in [0.2, 0.25) is 10.0 Å². The summed E-state index contributed by atoms with van der Waals surface area (Å²) in [7, 11) is -3.76. The summed E-state index contributed by atoms with van der Waals surface area (Å²) >= 11 is 6.31. The molecule has 3 heterocycles. The predicted octanol–water partition coefficient (Wildman–Crippen LogP) is 3.94. The third-order valence-corrected chi connectivity index (χ3v) is 9.10. The van der Waals surface area contributed by atoms with Crippen LogP contribution in [-0.2, 0) is 16.6 Å². The van der Waals surface area contributed by atoms with Crippen LogP contribution >= 0.6 is 11.6 Å². The van der Waals surface area contributed by atoms with Gasteiger partial charge in [-0.05, 0) is 35.9 Å². The molecule has 5 aromatic rings. The fraction of sp³-hybridized carbons (Fsp3) is 0.231. The summed E-state index contributed by atoms with van der Waals surface area (Å²) in [6, 6.07) is 20.1. The molecule has 6 rings (SSSR count). The van der Waals surface area contributed by atoms with Crippen molar-refractivity contribution in [2.75, 3.05) is 13.1 Å². The van der Waals surface area contributed by atoms with E-state index in [-0.39, 0.29) is 22.9 Å². The monoisotopic (exact) mass is 534 g/mol. The molecular weight excluding hydrogens is 512 g/mol. The maximum absolute atomic E-state index is 13.7. The molecule has 0 bridgehead atoms. The lowest BCUT2D eigenvalue weighted by atomic mass is 9.99. The summed E-state index contributed by atoms with van der Waals surface area (Å²) in [5.74, 6) is 0.150. The molecule has 2 aromatic heterocycles. The molecule has 1 aliphatic rings. The van der Waals surface area contributed by atoms with Crippen LogP contribution in [0.1, 0.15) is 30.1 Å². The molecule has 3 aromatic carbocycles. The largest absolute Gasteiger partial charge is 0.308 e. The first-order valence-corrected chi connectivity index (χ1v) is 13.8.